The maximum atomic E-state index is 12.9. The predicted molar refractivity (Wildman–Crippen MR) is 101 cm³/mol. The maximum Gasteiger partial charge on any atom is 0.255 e. The number of methoxy groups -OCH3 is 2. The van der Waals surface area contributed by atoms with Gasteiger partial charge in [0, 0.05) is 37.8 Å². The Kier molecular flexibility index (Phi) is 4.43. The van der Waals surface area contributed by atoms with Crippen LogP contribution in [0.25, 0.3) is 11.2 Å². The quantitative estimate of drug-likeness (QED) is 0.710. The van der Waals surface area contributed by atoms with Crippen molar-refractivity contribution in [3.63, 3.8) is 0 Å². The van der Waals surface area contributed by atoms with Gasteiger partial charge in [-0.25, -0.2) is 9.97 Å². The Bertz CT molecular complexity index is 998. The Hall–Kier alpha value is -3.09. The number of benzene rings is 1. The summed E-state index contributed by atoms with van der Waals surface area (Å²) in [7, 11) is 5.20. The number of carbonyl (C=O) groups excluding carboxylic acids is 1. The second-order valence-electron chi connectivity index (χ2n) is 6.77. The SMILES string of the molecule is COc1ccc(OC)c(C2CCN(C(=O)c3cnc4c(c3)ncn4C)C2)c1. The number of nitrogens with zero attached hydrogens (tertiary/aromatic N) is 4. The van der Waals surface area contributed by atoms with Crippen molar-refractivity contribution in [3.05, 3.63) is 47.9 Å². The third kappa shape index (κ3) is 3.09. The van der Waals surface area contributed by atoms with Crippen LogP contribution in [0.3, 0.4) is 0 Å². The molecule has 140 valence electrons. The van der Waals surface area contributed by atoms with E-state index in [-0.39, 0.29) is 11.8 Å². The molecule has 0 radical (unpaired) electrons. The Balaban J connectivity index is 1.56. The van der Waals surface area contributed by atoms with Crippen LogP contribution in [0.1, 0.15) is 28.3 Å². The molecule has 1 aliphatic heterocycles. The molecule has 0 bridgehead atoms. The van der Waals surface area contributed by atoms with E-state index in [2.05, 4.69) is 9.97 Å². The molecule has 1 aliphatic rings. The van der Waals surface area contributed by atoms with Crippen LogP contribution in [0.4, 0.5) is 0 Å². The Morgan fingerprint density at radius 2 is 2.04 bits per heavy atom. The van der Waals surface area contributed by atoms with E-state index in [1.54, 1.807) is 26.7 Å². The van der Waals surface area contributed by atoms with Crippen LogP contribution in [0.2, 0.25) is 0 Å². The molecule has 7 nitrogen and oxygen atoms in total. The molecule has 1 unspecified atom stereocenters. The van der Waals surface area contributed by atoms with Crippen molar-refractivity contribution >= 4 is 17.1 Å². The monoisotopic (exact) mass is 366 g/mol. The summed E-state index contributed by atoms with van der Waals surface area (Å²) >= 11 is 0. The molecule has 0 spiro atoms. The van der Waals surface area contributed by atoms with E-state index in [1.807, 2.05) is 40.8 Å². The number of hydrogen-bond donors (Lipinski definition) is 0. The minimum absolute atomic E-state index is 0.0144. The minimum atomic E-state index is -0.0144. The molecule has 0 N–H and O–H groups in total. The van der Waals surface area contributed by atoms with Crippen molar-refractivity contribution in [3.8, 4) is 11.5 Å². The molecule has 1 aromatic carbocycles. The molecular formula is C20H22N4O3. The summed E-state index contributed by atoms with van der Waals surface area (Å²) in [6, 6.07) is 7.61. The van der Waals surface area contributed by atoms with Gasteiger partial charge >= 0.3 is 0 Å². The topological polar surface area (TPSA) is 69.5 Å². The molecule has 2 aromatic heterocycles. The van der Waals surface area contributed by atoms with Crippen molar-refractivity contribution < 1.29 is 14.3 Å². The van der Waals surface area contributed by atoms with Crippen LogP contribution in [0, 0.1) is 0 Å². The van der Waals surface area contributed by atoms with Crippen LogP contribution in [0.15, 0.2) is 36.8 Å². The normalized spacial score (nSPS) is 16.7. The van der Waals surface area contributed by atoms with Gasteiger partial charge in [0.15, 0.2) is 5.65 Å². The molecular weight excluding hydrogens is 344 g/mol. The lowest BCUT2D eigenvalue weighted by atomic mass is 9.97. The van der Waals surface area contributed by atoms with Crippen LogP contribution < -0.4 is 9.47 Å². The highest BCUT2D eigenvalue weighted by molar-refractivity contribution is 5.96. The van der Waals surface area contributed by atoms with Gasteiger partial charge in [-0.05, 0) is 30.7 Å². The van der Waals surface area contributed by atoms with Gasteiger partial charge in [-0.1, -0.05) is 0 Å². The highest BCUT2D eigenvalue weighted by Gasteiger charge is 2.30. The number of likely N-dealkylation sites (tertiary alicyclic amines) is 1. The van der Waals surface area contributed by atoms with E-state index < -0.39 is 0 Å². The lowest BCUT2D eigenvalue weighted by molar-refractivity contribution is 0.0790. The zero-order chi connectivity index (χ0) is 19.0. The third-order valence-corrected chi connectivity index (χ3v) is 5.15. The lowest BCUT2D eigenvalue weighted by Gasteiger charge is -2.18. The Labute approximate surface area is 157 Å². The average molecular weight is 366 g/mol. The number of fused-ring (bicyclic) bond motifs is 1. The summed E-state index contributed by atoms with van der Waals surface area (Å²) in [6.07, 6.45) is 4.22. The van der Waals surface area contributed by atoms with Gasteiger partial charge in [-0.3, -0.25) is 4.79 Å². The minimum Gasteiger partial charge on any atom is -0.497 e. The summed E-state index contributed by atoms with van der Waals surface area (Å²) in [5.41, 5.74) is 3.14. The van der Waals surface area contributed by atoms with Gasteiger partial charge in [-0.2, -0.15) is 0 Å². The fraction of sp³-hybridized carbons (Fsp3) is 0.350. The molecule has 4 rings (SSSR count). The van der Waals surface area contributed by atoms with Crippen molar-refractivity contribution in [1.82, 2.24) is 19.4 Å². The van der Waals surface area contributed by atoms with Gasteiger partial charge < -0.3 is 18.9 Å². The molecule has 27 heavy (non-hydrogen) atoms. The number of aryl methyl sites for hydroxylation is 1. The number of pyridine rings is 1. The van der Waals surface area contributed by atoms with E-state index in [0.717, 1.165) is 34.6 Å². The average Bonchev–Trinajstić information content (AvgIpc) is 3.34. The highest BCUT2D eigenvalue weighted by atomic mass is 16.5. The second kappa shape index (κ2) is 6.90. The smallest absolute Gasteiger partial charge is 0.255 e. The fourth-order valence-corrected chi connectivity index (χ4v) is 3.67. The second-order valence-corrected chi connectivity index (χ2v) is 6.77. The largest absolute Gasteiger partial charge is 0.497 e. The summed E-state index contributed by atoms with van der Waals surface area (Å²) in [5.74, 6) is 1.82. The number of rotatable bonds is 4. The molecule has 1 amide bonds. The molecule has 3 heterocycles. The molecule has 0 aliphatic carbocycles. The van der Waals surface area contributed by atoms with Crippen molar-refractivity contribution in [2.24, 2.45) is 7.05 Å². The summed E-state index contributed by atoms with van der Waals surface area (Å²) in [5, 5.41) is 0. The number of hydrogen-bond acceptors (Lipinski definition) is 5. The van der Waals surface area contributed by atoms with Crippen LogP contribution in [-0.4, -0.2) is 52.7 Å². The van der Waals surface area contributed by atoms with Crippen LogP contribution >= 0.6 is 0 Å². The van der Waals surface area contributed by atoms with E-state index in [9.17, 15) is 4.79 Å². The number of carbonyl (C=O) groups is 1. The number of ether oxygens (including phenoxy) is 2. The predicted octanol–water partition coefficient (Wildman–Crippen LogP) is 2.62. The molecule has 7 heteroatoms. The molecule has 1 fully saturated rings. The zero-order valence-corrected chi connectivity index (χ0v) is 15.7. The Morgan fingerprint density at radius 1 is 1.19 bits per heavy atom. The molecule has 0 saturated carbocycles. The molecule has 1 atom stereocenters. The van der Waals surface area contributed by atoms with Gasteiger partial charge in [0.25, 0.3) is 5.91 Å². The van der Waals surface area contributed by atoms with Gasteiger partial charge in [0.2, 0.25) is 0 Å². The number of aromatic nitrogens is 3. The standard InChI is InChI=1S/C20H22N4O3/c1-23-12-22-17-8-14(10-21-19(17)23)20(25)24-7-6-13(11-24)16-9-15(26-2)4-5-18(16)27-3/h4-5,8-10,12-13H,6-7,11H2,1-3H3. The summed E-state index contributed by atoms with van der Waals surface area (Å²) in [4.78, 5) is 23.5. The first-order chi connectivity index (χ1) is 13.1. The van der Waals surface area contributed by atoms with Gasteiger partial charge in [0.1, 0.15) is 17.0 Å². The maximum absolute atomic E-state index is 12.9. The van der Waals surface area contributed by atoms with Crippen LogP contribution in [0.5, 0.6) is 11.5 Å². The lowest BCUT2D eigenvalue weighted by Crippen LogP contribution is -2.28. The fourth-order valence-electron chi connectivity index (χ4n) is 3.67. The first kappa shape index (κ1) is 17.3. The van der Waals surface area contributed by atoms with Crippen molar-refractivity contribution in [2.75, 3.05) is 27.3 Å². The number of amides is 1. The van der Waals surface area contributed by atoms with Gasteiger partial charge in [0.05, 0.1) is 26.1 Å². The first-order valence-corrected chi connectivity index (χ1v) is 8.89. The first-order valence-electron chi connectivity index (χ1n) is 8.89. The highest BCUT2D eigenvalue weighted by Crippen LogP contribution is 2.36. The zero-order valence-electron chi connectivity index (χ0n) is 15.7. The Morgan fingerprint density at radius 3 is 2.81 bits per heavy atom. The third-order valence-electron chi connectivity index (χ3n) is 5.15. The van der Waals surface area contributed by atoms with Crippen molar-refractivity contribution in [2.45, 2.75) is 12.3 Å². The van der Waals surface area contributed by atoms with E-state index >= 15 is 0 Å². The summed E-state index contributed by atoms with van der Waals surface area (Å²) < 4.78 is 12.7. The van der Waals surface area contributed by atoms with E-state index in [0.29, 0.717) is 18.7 Å². The van der Waals surface area contributed by atoms with Crippen molar-refractivity contribution in [1.29, 1.82) is 0 Å². The van der Waals surface area contributed by atoms with E-state index in [1.165, 1.54) is 0 Å². The van der Waals surface area contributed by atoms with Gasteiger partial charge in [-0.15, -0.1) is 0 Å². The number of imidazole rings is 1. The van der Waals surface area contributed by atoms with E-state index in [4.69, 9.17) is 9.47 Å². The summed E-state index contributed by atoms with van der Waals surface area (Å²) in [6.45, 7) is 1.34. The molecule has 3 aromatic rings. The molecule has 1 saturated heterocycles. The van der Waals surface area contributed by atoms with Crippen LogP contribution in [-0.2, 0) is 7.05 Å².